The Hall–Kier alpha value is -1.93. The smallest absolute Gasteiger partial charge is 0.193 e. The Morgan fingerprint density at radius 3 is 2.79 bits per heavy atom. The summed E-state index contributed by atoms with van der Waals surface area (Å²) in [4.78, 5) is 4.12. The number of benzene rings is 1. The first-order valence-electron chi connectivity index (χ1n) is 5.70. The Balaban J connectivity index is 2.72. The molecule has 0 aliphatic heterocycles. The van der Waals surface area contributed by atoms with Crippen molar-refractivity contribution < 1.29 is 4.74 Å². The van der Waals surface area contributed by atoms with Crippen molar-refractivity contribution in [1.82, 2.24) is 0 Å². The zero-order valence-electron chi connectivity index (χ0n) is 11.2. The number of hydrogen-bond acceptors (Lipinski definition) is 3. The number of nitrogens with zero attached hydrogens (tertiary/aromatic N) is 2. The lowest BCUT2D eigenvalue weighted by atomic mass is 9.96. The highest BCUT2D eigenvalue weighted by molar-refractivity contribution is 6.32. The van der Waals surface area contributed by atoms with Crippen molar-refractivity contribution in [3.8, 4) is 11.8 Å². The SMILES string of the molecule is COc1ccc(NC(N)=NCC(C)(C)C#N)cc1Cl. The van der Waals surface area contributed by atoms with Gasteiger partial charge in [-0.25, -0.2) is 0 Å². The summed E-state index contributed by atoms with van der Waals surface area (Å²) in [7, 11) is 1.55. The number of guanidine groups is 1. The molecule has 19 heavy (non-hydrogen) atoms. The third-order valence-corrected chi connectivity index (χ3v) is 2.67. The van der Waals surface area contributed by atoms with Crippen molar-refractivity contribution in [2.45, 2.75) is 13.8 Å². The third-order valence-electron chi connectivity index (χ3n) is 2.37. The Kier molecular flexibility index (Phi) is 5.02. The minimum atomic E-state index is -0.538. The highest BCUT2D eigenvalue weighted by Gasteiger charge is 2.15. The van der Waals surface area contributed by atoms with E-state index in [-0.39, 0.29) is 5.96 Å². The van der Waals surface area contributed by atoms with Crippen LogP contribution in [-0.2, 0) is 0 Å². The quantitative estimate of drug-likeness (QED) is 0.656. The second-order valence-electron chi connectivity index (χ2n) is 4.67. The molecule has 5 nitrogen and oxygen atoms in total. The summed E-state index contributed by atoms with van der Waals surface area (Å²) in [5, 5.41) is 12.3. The Bertz CT molecular complexity index is 520. The van der Waals surface area contributed by atoms with Crippen LogP contribution in [0.15, 0.2) is 23.2 Å². The largest absolute Gasteiger partial charge is 0.495 e. The minimum absolute atomic E-state index is 0.240. The zero-order valence-corrected chi connectivity index (χ0v) is 12.0. The minimum Gasteiger partial charge on any atom is -0.495 e. The maximum atomic E-state index is 8.88. The molecule has 0 amide bonds. The van der Waals surface area contributed by atoms with Gasteiger partial charge in [-0.15, -0.1) is 0 Å². The van der Waals surface area contributed by atoms with Gasteiger partial charge >= 0.3 is 0 Å². The van der Waals surface area contributed by atoms with Crippen LogP contribution in [-0.4, -0.2) is 19.6 Å². The number of rotatable bonds is 4. The van der Waals surface area contributed by atoms with E-state index in [9.17, 15) is 0 Å². The lowest BCUT2D eigenvalue weighted by Gasteiger charge is -2.13. The van der Waals surface area contributed by atoms with Gasteiger partial charge in [-0.2, -0.15) is 5.26 Å². The monoisotopic (exact) mass is 280 g/mol. The van der Waals surface area contributed by atoms with E-state index >= 15 is 0 Å². The zero-order chi connectivity index (χ0) is 14.5. The average molecular weight is 281 g/mol. The third kappa shape index (κ3) is 4.68. The van der Waals surface area contributed by atoms with E-state index in [1.165, 1.54) is 0 Å². The van der Waals surface area contributed by atoms with Gasteiger partial charge in [0.15, 0.2) is 5.96 Å². The van der Waals surface area contributed by atoms with Crippen molar-refractivity contribution >= 4 is 23.2 Å². The topological polar surface area (TPSA) is 83.4 Å². The van der Waals surface area contributed by atoms with Crippen LogP contribution in [0, 0.1) is 16.7 Å². The molecule has 0 aliphatic carbocycles. The summed E-state index contributed by atoms with van der Waals surface area (Å²) < 4.78 is 5.05. The van der Waals surface area contributed by atoms with E-state index in [1.807, 2.05) is 0 Å². The fourth-order valence-corrected chi connectivity index (χ4v) is 1.51. The first-order chi connectivity index (χ1) is 8.88. The van der Waals surface area contributed by atoms with E-state index in [2.05, 4.69) is 16.4 Å². The van der Waals surface area contributed by atoms with Crippen molar-refractivity contribution in [2.24, 2.45) is 16.1 Å². The van der Waals surface area contributed by atoms with E-state index in [1.54, 1.807) is 39.2 Å². The van der Waals surface area contributed by atoms with Crippen molar-refractivity contribution in [3.63, 3.8) is 0 Å². The predicted molar refractivity (Wildman–Crippen MR) is 77.5 cm³/mol. The molecular formula is C13H17ClN4O. The number of methoxy groups -OCH3 is 1. The lowest BCUT2D eigenvalue weighted by Crippen LogP contribution is -2.25. The number of nitriles is 1. The van der Waals surface area contributed by atoms with Gasteiger partial charge in [0.05, 0.1) is 30.2 Å². The first kappa shape index (κ1) is 15.1. The Labute approximate surface area is 118 Å². The molecule has 0 aliphatic rings. The van der Waals surface area contributed by atoms with E-state index < -0.39 is 5.41 Å². The summed E-state index contributed by atoms with van der Waals surface area (Å²) in [5.74, 6) is 0.831. The fraction of sp³-hybridized carbons (Fsp3) is 0.385. The molecule has 0 unspecified atom stereocenters. The van der Waals surface area contributed by atoms with E-state index in [0.29, 0.717) is 23.0 Å². The molecular weight excluding hydrogens is 264 g/mol. The normalized spacial score (nSPS) is 11.8. The second-order valence-corrected chi connectivity index (χ2v) is 5.08. The van der Waals surface area contributed by atoms with Gasteiger partial charge in [-0.1, -0.05) is 11.6 Å². The van der Waals surface area contributed by atoms with Crippen LogP contribution in [0.25, 0.3) is 0 Å². The van der Waals surface area contributed by atoms with E-state index in [4.69, 9.17) is 27.3 Å². The van der Waals surface area contributed by atoms with Crippen molar-refractivity contribution in [3.05, 3.63) is 23.2 Å². The summed E-state index contributed by atoms with van der Waals surface area (Å²) in [6.45, 7) is 3.92. The van der Waals surface area contributed by atoms with Gasteiger partial charge in [0.1, 0.15) is 5.75 Å². The molecule has 1 aromatic rings. The molecule has 0 spiro atoms. The highest BCUT2D eigenvalue weighted by Crippen LogP contribution is 2.27. The Morgan fingerprint density at radius 1 is 1.58 bits per heavy atom. The van der Waals surface area contributed by atoms with Crippen LogP contribution in [0.2, 0.25) is 5.02 Å². The van der Waals surface area contributed by atoms with Gasteiger partial charge in [0.2, 0.25) is 0 Å². The van der Waals surface area contributed by atoms with Crippen LogP contribution in [0.5, 0.6) is 5.75 Å². The van der Waals surface area contributed by atoms with Crippen LogP contribution < -0.4 is 15.8 Å². The number of aliphatic imine (C=N–C) groups is 1. The van der Waals surface area contributed by atoms with Crippen LogP contribution in [0.3, 0.4) is 0 Å². The van der Waals surface area contributed by atoms with Crippen LogP contribution in [0.4, 0.5) is 5.69 Å². The maximum absolute atomic E-state index is 8.88. The molecule has 0 fully saturated rings. The number of ether oxygens (including phenoxy) is 1. The molecule has 102 valence electrons. The molecule has 0 saturated heterocycles. The van der Waals surface area contributed by atoms with Crippen LogP contribution in [0.1, 0.15) is 13.8 Å². The fourth-order valence-electron chi connectivity index (χ4n) is 1.25. The number of anilines is 1. The standard InChI is InChI=1S/C13H17ClN4O/c1-13(2,7-15)8-17-12(16)18-9-4-5-11(19-3)10(14)6-9/h4-6H,8H2,1-3H3,(H3,16,17,18). The first-order valence-corrected chi connectivity index (χ1v) is 6.07. The van der Waals surface area contributed by atoms with Gasteiger partial charge < -0.3 is 15.8 Å². The molecule has 0 heterocycles. The number of nitrogens with two attached hydrogens (primary N) is 1. The van der Waals surface area contributed by atoms with Crippen molar-refractivity contribution in [1.29, 1.82) is 5.26 Å². The summed E-state index contributed by atoms with van der Waals surface area (Å²) in [5.41, 5.74) is 5.92. The van der Waals surface area contributed by atoms with Gasteiger partial charge in [0, 0.05) is 5.69 Å². The molecule has 6 heteroatoms. The number of nitrogens with one attached hydrogen (secondary N) is 1. The van der Waals surface area contributed by atoms with Gasteiger partial charge in [-0.3, -0.25) is 4.99 Å². The van der Waals surface area contributed by atoms with Crippen LogP contribution >= 0.6 is 11.6 Å². The summed E-state index contributed by atoms with van der Waals surface area (Å²) in [6.07, 6.45) is 0. The molecule has 0 atom stereocenters. The molecule has 0 bridgehead atoms. The average Bonchev–Trinajstić information content (AvgIpc) is 2.37. The van der Waals surface area contributed by atoms with Gasteiger partial charge in [-0.05, 0) is 32.0 Å². The maximum Gasteiger partial charge on any atom is 0.193 e. The highest BCUT2D eigenvalue weighted by atomic mass is 35.5. The molecule has 0 aromatic heterocycles. The lowest BCUT2D eigenvalue weighted by molar-refractivity contribution is 0.415. The van der Waals surface area contributed by atoms with Gasteiger partial charge in [0.25, 0.3) is 0 Å². The molecule has 1 aromatic carbocycles. The summed E-state index contributed by atoms with van der Waals surface area (Å²) in [6, 6.07) is 7.36. The molecule has 0 saturated carbocycles. The number of hydrogen-bond donors (Lipinski definition) is 2. The Morgan fingerprint density at radius 2 is 2.26 bits per heavy atom. The molecule has 0 radical (unpaired) electrons. The molecule has 1 rings (SSSR count). The van der Waals surface area contributed by atoms with E-state index in [0.717, 1.165) is 0 Å². The summed E-state index contributed by atoms with van der Waals surface area (Å²) >= 11 is 6.00. The molecule has 3 N–H and O–H groups in total. The van der Waals surface area contributed by atoms with Crippen molar-refractivity contribution in [2.75, 3.05) is 19.0 Å². The predicted octanol–water partition coefficient (Wildman–Crippen LogP) is 2.62. The second kappa shape index (κ2) is 6.30. The number of halogens is 1.